The van der Waals surface area contributed by atoms with Crippen molar-refractivity contribution in [1.29, 1.82) is 0 Å². The highest BCUT2D eigenvalue weighted by molar-refractivity contribution is 7.17. The van der Waals surface area contributed by atoms with Crippen LogP contribution in [-0.4, -0.2) is 69.8 Å². The summed E-state index contributed by atoms with van der Waals surface area (Å²) in [7, 11) is 3.82. The summed E-state index contributed by atoms with van der Waals surface area (Å²) >= 11 is 1.51. The molecule has 1 atom stereocenters. The molecule has 0 spiro atoms. The first kappa shape index (κ1) is 18.2. The van der Waals surface area contributed by atoms with Crippen molar-refractivity contribution in [2.45, 2.75) is 19.4 Å². The van der Waals surface area contributed by atoms with Crippen LogP contribution in [-0.2, 0) is 6.42 Å². The summed E-state index contributed by atoms with van der Waals surface area (Å²) in [5.41, 5.74) is 1.11. The molecule has 1 aromatic carbocycles. The molecule has 0 aliphatic carbocycles. The van der Waals surface area contributed by atoms with E-state index in [1.54, 1.807) is 11.6 Å². The SMILES string of the molecule is CCc1nc2sc(C(c3cccc(OC)c3)N3CCN(C)CC3)c(O)n2n1. The third-order valence-corrected chi connectivity index (χ3v) is 6.19. The molecule has 0 radical (unpaired) electrons. The maximum Gasteiger partial charge on any atom is 0.230 e. The Morgan fingerprint density at radius 3 is 2.70 bits per heavy atom. The maximum atomic E-state index is 10.9. The van der Waals surface area contributed by atoms with Gasteiger partial charge in [0.1, 0.15) is 5.75 Å². The zero-order chi connectivity index (χ0) is 19.0. The molecule has 4 rings (SSSR count). The van der Waals surface area contributed by atoms with E-state index in [0.29, 0.717) is 0 Å². The Labute approximate surface area is 162 Å². The first-order chi connectivity index (χ1) is 13.1. The quantitative estimate of drug-likeness (QED) is 0.725. The smallest absolute Gasteiger partial charge is 0.230 e. The number of aromatic nitrogens is 3. The lowest BCUT2D eigenvalue weighted by Gasteiger charge is -2.37. The molecule has 3 heterocycles. The van der Waals surface area contributed by atoms with Gasteiger partial charge in [-0.3, -0.25) is 4.90 Å². The van der Waals surface area contributed by atoms with Crippen LogP contribution in [0.5, 0.6) is 11.6 Å². The van der Waals surface area contributed by atoms with Crippen molar-refractivity contribution in [3.63, 3.8) is 0 Å². The molecule has 8 heteroatoms. The molecule has 1 N–H and O–H groups in total. The van der Waals surface area contributed by atoms with Crippen LogP contribution in [0.2, 0.25) is 0 Å². The van der Waals surface area contributed by atoms with E-state index in [0.717, 1.165) is 59.6 Å². The topological polar surface area (TPSA) is 66.1 Å². The second-order valence-corrected chi connectivity index (χ2v) is 7.89. The Morgan fingerprint density at radius 2 is 2.04 bits per heavy atom. The third-order valence-electron chi connectivity index (χ3n) is 5.12. The fraction of sp³-hybridized carbons (Fsp3) is 0.474. The van der Waals surface area contributed by atoms with Gasteiger partial charge >= 0.3 is 0 Å². The summed E-state index contributed by atoms with van der Waals surface area (Å²) in [6.07, 6.45) is 0.751. The molecule has 27 heavy (non-hydrogen) atoms. The van der Waals surface area contributed by atoms with Gasteiger partial charge in [0.05, 0.1) is 18.0 Å². The highest BCUT2D eigenvalue weighted by Crippen LogP contribution is 2.40. The fourth-order valence-corrected chi connectivity index (χ4v) is 4.67. The van der Waals surface area contributed by atoms with Crippen molar-refractivity contribution in [3.05, 3.63) is 40.5 Å². The maximum absolute atomic E-state index is 10.9. The molecular weight excluding hydrogens is 362 g/mol. The van der Waals surface area contributed by atoms with E-state index in [4.69, 9.17) is 4.74 Å². The molecule has 1 aliphatic rings. The van der Waals surface area contributed by atoms with Crippen LogP contribution < -0.4 is 4.74 Å². The van der Waals surface area contributed by atoms with E-state index >= 15 is 0 Å². The summed E-state index contributed by atoms with van der Waals surface area (Å²) in [5, 5.41) is 15.4. The Balaban J connectivity index is 1.79. The molecule has 1 saturated heterocycles. The van der Waals surface area contributed by atoms with Gasteiger partial charge in [-0.1, -0.05) is 30.4 Å². The summed E-state index contributed by atoms with van der Waals surface area (Å²) < 4.78 is 7.01. The van der Waals surface area contributed by atoms with Crippen LogP contribution in [0.1, 0.15) is 29.2 Å². The minimum absolute atomic E-state index is 0.0487. The number of likely N-dealkylation sites (N-methyl/N-ethyl adjacent to an activating group) is 1. The Bertz CT molecular complexity index is 929. The molecule has 2 aromatic heterocycles. The number of aromatic hydroxyl groups is 1. The predicted molar refractivity (Wildman–Crippen MR) is 106 cm³/mol. The van der Waals surface area contributed by atoms with Crippen LogP contribution in [0.15, 0.2) is 24.3 Å². The van der Waals surface area contributed by atoms with Gasteiger partial charge in [0, 0.05) is 32.6 Å². The number of piperazine rings is 1. The number of benzene rings is 1. The number of methoxy groups -OCH3 is 1. The highest BCUT2D eigenvalue weighted by atomic mass is 32.1. The number of hydrogen-bond acceptors (Lipinski definition) is 7. The zero-order valence-corrected chi connectivity index (χ0v) is 16.7. The van der Waals surface area contributed by atoms with Crippen molar-refractivity contribution < 1.29 is 9.84 Å². The molecule has 144 valence electrons. The molecular formula is C19H25N5O2S. The normalized spacial score (nSPS) is 17.4. The standard InChI is InChI=1S/C19H25N5O2S/c1-4-15-20-19-24(21-15)18(25)17(27-19)16(23-10-8-22(2)9-11-23)13-6-5-7-14(12-13)26-3/h5-7,12,16,25H,4,8-11H2,1-3H3. The zero-order valence-electron chi connectivity index (χ0n) is 15.9. The first-order valence-electron chi connectivity index (χ1n) is 9.24. The molecule has 1 aliphatic heterocycles. The lowest BCUT2D eigenvalue weighted by molar-refractivity contribution is 0.127. The number of rotatable bonds is 5. The largest absolute Gasteiger partial charge is 0.497 e. The summed E-state index contributed by atoms with van der Waals surface area (Å²) in [5.74, 6) is 1.76. The molecule has 3 aromatic rings. The molecule has 0 amide bonds. The van der Waals surface area contributed by atoms with Crippen LogP contribution in [0.3, 0.4) is 0 Å². The second-order valence-electron chi connectivity index (χ2n) is 6.88. The number of nitrogens with zero attached hydrogens (tertiary/aromatic N) is 5. The Hall–Kier alpha value is -2.16. The molecule has 1 fully saturated rings. The van der Waals surface area contributed by atoms with Crippen LogP contribution >= 0.6 is 11.3 Å². The molecule has 0 bridgehead atoms. The Morgan fingerprint density at radius 1 is 1.26 bits per heavy atom. The van der Waals surface area contributed by atoms with E-state index in [1.807, 2.05) is 19.1 Å². The average Bonchev–Trinajstić information content (AvgIpc) is 3.23. The van der Waals surface area contributed by atoms with Crippen molar-refractivity contribution >= 4 is 16.3 Å². The van der Waals surface area contributed by atoms with Crippen molar-refractivity contribution in [3.8, 4) is 11.6 Å². The molecule has 0 saturated carbocycles. The van der Waals surface area contributed by atoms with Gasteiger partial charge < -0.3 is 14.7 Å². The van der Waals surface area contributed by atoms with Crippen LogP contribution in [0.4, 0.5) is 0 Å². The minimum atomic E-state index is -0.0487. The van der Waals surface area contributed by atoms with Gasteiger partial charge in [-0.25, -0.2) is 4.98 Å². The lowest BCUT2D eigenvalue weighted by Crippen LogP contribution is -2.46. The predicted octanol–water partition coefficient (Wildman–Crippen LogP) is 2.40. The third kappa shape index (κ3) is 3.40. The first-order valence-corrected chi connectivity index (χ1v) is 10.1. The molecule has 1 unspecified atom stereocenters. The van der Waals surface area contributed by atoms with Gasteiger partial charge in [-0.15, -0.1) is 5.10 Å². The van der Waals surface area contributed by atoms with Gasteiger partial charge in [-0.05, 0) is 24.7 Å². The molecule has 7 nitrogen and oxygen atoms in total. The minimum Gasteiger partial charge on any atom is -0.497 e. The van der Waals surface area contributed by atoms with Gasteiger partial charge in [-0.2, -0.15) is 4.52 Å². The summed E-state index contributed by atoms with van der Waals surface area (Å²) in [4.78, 5) is 10.9. The lowest BCUT2D eigenvalue weighted by atomic mass is 10.0. The van der Waals surface area contributed by atoms with E-state index in [-0.39, 0.29) is 11.9 Å². The number of fused-ring (bicyclic) bond motifs is 1. The number of thiazole rings is 1. The number of ether oxygens (including phenoxy) is 1. The van der Waals surface area contributed by atoms with Crippen molar-refractivity contribution in [2.24, 2.45) is 0 Å². The van der Waals surface area contributed by atoms with Gasteiger partial charge in [0.25, 0.3) is 0 Å². The fourth-order valence-electron chi connectivity index (χ4n) is 3.54. The van der Waals surface area contributed by atoms with Crippen molar-refractivity contribution in [2.75, 3.05) is 40.3 Å². The van der Waals surface area contributed by atoms with Gasteiger partial charge in [0.2, 0.25) is 10.8 Å². The number of aryl methyl sites for hydroxylation is 1. The van der Waals surface area contributed by atoms with E-state index < -0.39 is 0 Å². The monoisotopic (exact) mass is 387 g/mol. The second kappa shape index (κ2) is 7.46. The van der Waals surface area contributed by atoms with E-state index in [9.17, 15) is 5.11 Å². The summed E-state index contributed by atoms with van der Waals surface area (Å²) in [6, 6.07) is 8.04. The average molecular weight is 388 g/mol. The van der Waals surface area contributed by atoms with Crippen LogP contribution in [0.25, 0.3) is 4.96 Å². The number of hydrogen-bond donors (Lipinski definition) is 1. The Kier molecular flexibility index (Phi) is 5.03. The highest BCUT2D eigenvalue weighted by Gasteiger charge is 2.31. The van der Waals surface area contributed by atoms with Gasteiger partial charge in [0.15, 0.2) is 5.82 Å². The summed E-state index contributed by atoms with van der Waals surface area (Å²) in [6.45, 7) is 5.89. The van der Waals surface area contributed by atoms with Crippen molar-refractivity contribution in [1.82, 2.24) is 24.4 Å². The van der Waals surface area contributed by atoms with Crippen LogP contribution in [0, 0.1) is 0 Å². The van der Waals surface area contributed by atoms with E-state index in [1.165, 1.54) is 11.3 Å². The van der Waals surface area contributed by atoms with E-state index in [2.05, 4.69) is 39.1 Å².